The van der Waals surface area contributed by atoms with Crippen LogP contribution in [0.25, 0.3) is 0 Å². The highest BCUT2D eigenvalue weighted by atomic mass is 32.2. The van der Waals surface area contributed by atoms with Crippen LogP contribution in [0.4, 0.5) is 0 Å². The number of phenolic OH excluding ortho intramolecular Hbond substituents is 1. The average Bonchev–Trinajstić information content (AvgIpc) is 2.32. The number of nitrogens with zero attached hydrogens (tertiary/aromatic N) is 3. The summed E-state index contributed by atoms with van der Waals surface area (Å²) in [5.41, 5.74) is 0.313. The van der Waals surface area contributed by atoms with Gasteiger partial charge in [0.1, 0.15) is 17.5 Å². The lowest BCUT2D eigenvalue weighted by atomic mass is 10.3. The lowest BCUT2D eigenvalue weighted by Gasteiger charge is -2.01. The Morgan fingerprint density at radius 3 is 2.81 bits per heavy atom. The molecule has 0 radical (unpaired) electrons. The summed E-state index contributed by atoms with van der Waals surface area (Å²) in [5, 5.41) is 18.7. The lowest BCUT2D eigenvalue weighted by Crippen LogP contribution is -1.88. The Hall–Kier alpha value is -2.06. The quantitative estimate of drug-likeness (QED) is 0.799. The molecule has 0 unspecified atom stereocenters. The molecule has 1 heterocycles. The molecule has 0 bridgehead atoms. The second kappa shape index (κ2) is 4.64. The molecule has 0 amide bonds. The first-order valence-corrected chi connectivity index (χ1v) is 5.30. The molecule has 2 aromatic rings. The van der Waals surface area contributed by atoms with Gasteiger partial charge in [-0.05, 0) is 30.0 Å². The second-order valence-electron chi connectivity index (χ2n) is 2.91. The molecule has 2 rings (SSSR count). The van der Waals surface area contributed by atoms with E-state index in [1.54, 1.807) is 18.2 Å². The van der Waals surface area contributed by atoms with E-state index in [0.29, 0.717) is 15.7 Å². The average molecular weight is 229 g/mol. The van der Waals surface area contributed by atoms with Gasteiger partial charge in [0.15, 0.2) is 5.16 Å². The Balaban J connectivity index is 2.28. The first-order chi connectivity index (χ1) is 7.79. The first-order valence-electron chi connectivity index (χ1n) is 4.48. The molecule has 0 atom stereocenters. The van der Waals surface area contributed by atoms with Crippen LogP contribution in [0.1, 0.15) is 5.69 Å². The van der Waals surface area contributed by atoms with E-state index in [1.165, 1.54) is 24.0 Å². The van der Waals surface area contributed by atoms with Gasteiger partial charge in [-0.1, -0.05) is 12.1 Å². The number of benzene rings is 1. The molecule has 1 aromatic heterocycles. The van der Waals surface area contributed by atoms with Crippen LogP contribution in [0.15, 0.2) is 46.6 Å². The maximum absolute atomic E-state index is 9.56. The van der Waals surface area contributed by atoms with Gasteiger partial charge in [0.05, 0.1) is 4.90 Å². The van der Waals surface area contributed by atoms with Crippen molar-refractivity contribution in [2.45, 2.75) is 10.1 Å². The number of hydrogen-bond acceptors (Lipinski definition) is 5. The fraction of sp³-hybridized carbons (Fsp3) is 0. The van der Waals surface area contributed by atoms with Crippen molar-refractivity contribution in [3.05, 3.63) is 42.2 Å². The van der Waals surface area contributed by atoms with Gasteiger partial charge in [-0.2, -0.15) is 5.26 Å². The molecule has 78 valence electrons. The standard InChI is InChI=1S/C11H7N3OS/c12-7-8-5-6-13-11(14-8)16-10-4-2-1-3-9(10)15/h1-6,15H. The van der Waals surface area contributed by atoms with E-state index in [0.717, 1.165) is 0 Å². The summed E-state index contributed by atoms with van der Waals surface area (Å²) in [6, 6.07) is 10.4. The normalized spacial score (nSPS) is 9.69. The Morgan fingerprint density at radius 1 is 1.25 bits per heavy atom. The van der Waals surface area contributed by atoms with Crippen molar-refractivity contribution in [1.82, 2.24) is 9.97 Å². The minimum atomic E-state index is 0.179. The van der Waals surface area contributed by atoms with E-state index in [-0.39, 0.29) is 5.75 Å². The minimum Gasteiger partial charge on any atom is -0.507 e. The van der Waals surface area contributed by atoms with E-state index in [9.17, 15) is 5.11 Å². The van der Waals surface area contributed by atoms with Gasteiger partial charge < -0.3 is 5.11 Å². The summed E-state index contributed by atoms with van der Waals surface area (Å²) in [5.74, 6) is 0.179. The fourth-order valence-corrected chi connectivity index (χ4v) is 1.87. The molecular weight excluding hydrogens is 222 g/mol. The molecule has 4 nitrogen and oxygen atoms in total. The number of aromatic hydroxyl groups is 1. The lowest BCUT2D eigenvalue weighted by molar-refractivity contribution is 0.462. The summed E-state index contributed by atoms with van der Waals surface area (Å²) < 4.78 is 0. The maximum Gasteiger partial charge on any atom is 0.193 e. The molecule has 0 aliphatic heterocycles. The van der Waals surface area contributed by atoms with Crippen LogP contribution in [0.5, 0.6) is 5.75 Å². The molecule has 0 saturated carbocycles. The molecule has 0 spiro atoms. The van der Waals surface area contributed by atoms with Crippen LogP contribution in [0.3, 0.4) is 0 Å². The molecule has 5 heteroatoms. The Kier molecular flexibility index (Phi) is 3.03. The van der Waals surface area contributed by atoms with E-state index in [1.807, 2.05) is 12.1 Å². The van der Waals surface area contributed by atoms with Crippen molar-refractivity contribution in [2.24, 2.45) is 0 Å². The SMILES string of the molecule is N#Cc1ccnc(Sc2ccccc2O)n1. The minimum absolute atomic E-state index is 0.179. The van der Waals surface area contributed by atoms with E-state index >= 15 is 0 Å². The zero-order chi connectivity index (χ0) is 11.4. The van der Waals surface area contributed by atoms with Crippen LogP contribution < -0.4 is 0 Å². The topological polar surface area (TPSA) is 69.8 Å². The highest BCUT2D eigenvalue weighted by Crippen LogP contribution is 2.31. The number of para-hydroxylation sites is 1. The van der Waals surface area contributed by atoms with Crippen molar-refractivity contribution in [3.63, 3.8) is 0 Å². The molecule has 0 aliphatic carbocycles. The molecule has 1 aromatic carbocycles. The largest absolute Gasteiger partial charge is 0.507 e. The molecular formula is C11H7N3OS. The predicted molar refractivity (Wildman–Crippen MR) is 59.0 cm³/mol. The van der Waals surface area contributed by atoms with Crippen LogP contribution in [-0.4, -0.2) is 15.1 Å². The van der Waals surface area contributed by atoms with Crippen LogP contribution in [0, 0.1) is 11.3 Å². The van der Waals surface area contributed by atoms with Gasteiger partial charge in [-0.3, -0.25) is 0 Å². The van der Waals surface area contributed by atoms with Gasteiger partial charge >= 0.3 is 0 Å². The third-order valence-electron chi connectivity index (χ3n) is 1.81. The van der Waals surface area contributed by atoms with Crippen LogP contribution in [-0.2, 0) is 0 Å². The Bertz CT molecular complexity index is 551. The van der Waals surface area contributed by atoms with Crippen molar-refractivity contribution in [1.29, 1.82) is 5.26 Å². The third kappa shape index (κ3) is 2.30. The molecule has 16 heavy (non-hydrogen) atoms. The van der Waals surface area contributed by atoms with Gasteiger partial charge in [0, 0.05) is 6.20 Å². The second-order valence-corrected chi connectivity index (χ2v) is 3.92. The molecule has 0 fully saturated rings. The monoisotopic (exact) mass is 229 g/mol. The van der Waals surface area contributed by atoms with Crippen molar-refractivity contribution in [2.75, 3.05) is 0 Å². The highest BCUT2D eigenvalue weighted by Gasteiger charge is 2.05. The summed E-state index contributed by atoms with van der Waals surface area (Å²) in [4.78, 5) is 8.69. The van der Waals surface area contributed by atoms with Gasteiger partial charge in [-0.15, -0.1) is 0 Å². The van der Waals surface area contributed by atoms with Gasteiger partial charge in [-0.25, -0.2) is 9.97 Å². The fourth-order valence-electron chi connectivity index (χ4n) is 1.09. The van der Waals surface area contributed by atoms with Crippen LogP contribution in [0.2, 0.25) is 0 Å². The van der Waals surface area contributed by atoms with Gasteiger partial charge in [0.25, 0.3) is 0 Å². The van der Waals surface area contributed by atoms with Crippen molar-refractivity contribution >= 4 is 11.8 Å². The molecule has 0 aliphatic rings. The first kappa shape index (κ1) is 10.5. The maximum atomic E-state index is 9.56. The predicted octanol–water partition coefficient (Wildman–Crippen LogP) is 2.21. The number of hydrogen-bond donors (Lipinski definition) is 1. The summed E-state index contributed by atoms with van der Waals surface area (Å²) in [6.45, 7) is 0. The van der Waals surface area contributed by atoms with E-state index in [2.05, 4.69) is 9.97 Å². The van der Waals surface area contributed by atoms with Crippen molar-refractivity contribution in [3.8, 4) is 11.8 Å². The van der Waals surface area contributed by atoms with Crippen LogP contribution >= 0.6 is 11.8 Å². The zero-order valence-electron chi connectivity index (χ0n) is 8.16. The molecule has 0 saturated heterocycles. The third-order valence-corrected chi connectivity index (χ3v) is 2.76. The summed E-state index contributed by atoms with van der Waals surface area (Å²) >= 11 is 1.22. The number of nitriles is 1. The Morgan fingerprint density at radius 2 is 2.06 bits per heavy atom. The summed E-state index contributed by atoms with van der Waals surface area (Å²) in [6.07, 6.45) is 1.52. The van der Waals surface area contributed by atoms with Crippen molar-refractivity contribution < 1.29 is 5.11 Å². The number of rotatable bonds is 2. The highest BCUT2D eigenvalue weighted by molar-refractivity contribution is 7.99. The Labute approximate surface area is 96.6 Å². The van der Waals surface area contributed by atoms with E-state index in [4.69, 9.17) is 5.26 Å². The molecule has 1 N–H and O–H groups in total. The number of aromatic nitrogens is 2. The zero-order valence-corrected chi connectivity index (χ0v) is 8.98. The van der Waals surface area contributed by atoms with E-state index < -0.39 is 0 Å². The van der Waals surface area contributed by atoms with Gasteiger partial charge in [0.2, 0.25) is 0 Å². The smallest absolute Gasteiger partial charge is 0.193 e. The number of phenols is 1. The summed E-state index contributed by atoms with van der Waals surface area (Å²) in [7, 11) is 0.